The van der Waals surface area contributed by atoms with E-state index in [1.165, 1.54) is 0 Å². The Balaban J connectivity index is 2.40. The lowest BCUT2D eigenvalue weighted by Gasteiger charge is -2.46. The Morgan fingerprint density at radius 3 is 2.40 bits per heavy atom. The predicted octanol–water partition coefficient (Wildman–Crippen LogP) is 1.96. The number of rotatable bonds is 5. The third kappa shape index (κ3) is 3.74. The molecular weight excluding hydrogens is 190 g/mol. The van der Waals surface area contributed by atoms with Crippen molar-refractivity contribution in [2.75, 3.05) is 13.2 Å². The average Bonchev–Trinajstić information content (AvgIpc) is 2.11. The largest absolute Gasteiger partial charge is 0.374 e. The number of hydrogen-bond donors (Lipinski definition) is 1. The summed E-state index contributed by atoms with van der Waals surface area (Å²) in [4.78, 5) is 0. The summed E-state index contributed by atoms with van der Waals surface area (Å²) in [6, 6.07) is 0.474. The van der Waals surface area contributed by atoms with Crippen LogP contribution in [0.15, 0.2) is 0 Å². The van der Waals surface area contributed by atoms with Gasteiger partial charge in [-0.1, -0.05) is 6.92 Å². The molecule has 90 valence electrons. The third-order valence-corrected chi connectivity index (χ3v) is 2.58. The molecule has 1 aliphatic carbocycles. The predicted molar refractivity (Wildman–Crippen MR) is 62.1 cm³/mol. The molecule has 0 aromatic heterocycles. The fraction of sp³-hybridized carbons (Fsp3) is 1.00. The Hall–Kier alpha value is -0.120. The van der Waals surface area contributed by atoms with Crippen LogP contribution in [0.1, 0.15) is 41.0 Å². The van der Waals surface area contributed by atoms with Crippen LogP contribution >= 0.6 is 0 Å². The van der Waals surface area contributed by atoms with E-state index in [1.54, 1.807) is 0 Å². The molecule has 15 heavy (non-hydrogen) atoms. The molecule has 0 bridgehead atoms. The maximum absolute atomic E-state index is 5.95. The maximum Gasteiger partial charge on any atom is 0.0990 e. The fourth-order valence-electron chi connectivity index (χ4n) is 2.03. The quantitative estimate of drug-likeness (QED) is 0.760. The van der Waals surface area contributed by atoms with Gasteiger partial charge in [0.05, 0.1) is 17.8 Å². The fourth-order valence-corrected chi connectivity index (χ4v) is 2.03. The van der Waals surface area contributed by atoms with Gasteiger partial charge in [0.1, 0.15) is 0 Å². The molecule has 0 saturated heterocycles. The smallest absolute Gasteiger partial charge is 0.0990 e. The molecule has 1 rings (SSSR count). The van der Waals surface area contributed by atoms with E-state index in [4.69, 9.17) is 9.47 Å². The highest BCUT2D eigenvalue weighted by atomic mass is 16.6. The highest BCUT2D eigenvalue weighted by molar-refractivity contribution is 4.98. The molecule has 0 heterocycles. The Morgan fingerprint density at radius 1 is 1.27 bits per heavy atom. The lowest BCUT2D eigenvalue weighted by molar-refractivity contribution is -0.185. The van der Waals surface area contributed by atoms with Gasteiger partial charge in [-0.2, -0.15) is 0 Å². The molecule has 0 aromatic carbocycles. The molecule has 0 spiro atoms. The molecular formula is C12H25NO2. The van der Waals surface area contributed by atoms with E-state index < -0.39 is 0 Å². The Bertz CT molecular complexity index is 189. The van der Waals surface area contributed by atoms with Gasteiger partial charge in [-0.15, -0.1) is 0 Å². The van der Waals surface area contributed by atoms with Gasteiger partial charge in [0.25, 0.3) is 0 Å². The lowest BCUT2D eigenvalue weighted by Crippen LogP contribution is -2.61. The van der Waals surface area contributed by atoms with Gasteiger partial charge < -0.3 is 14.8 Å². The van der Waals surface area contributed by atoms with Gasteiger partial charge in [0, 0.05) is 12.6 Å². The SMILES string of the molecule is CCNC1CC(OC(C)(C)C)C1OCC. The summed E-state index contributed by atoms with van der Waals surface area (Å²) in [5.74, 6) is 0. The van der Waals surface area contributed by atoms with Gasteiger partial charge in [-0.05, 0) is 40.7 Å². The van der Waals surface area contributed by atoms with Crippen molar-refractivity contribution in [3.8, 4) is 0 Å². The molecule has 1 N–H and O–H groups in total. The van der Waals surface area contributed by atoms with Gasteiger partial charge in [0.2, 0.25) is 0 Å². The van der Waals surface area contributed by atoms with Crippen molar-refractivity contribution < 1.29 is 9.47 Å². The molecule has 3 nitrogen and oxygen atoms in total. The molecule has 1 aliphatic rings. The summed E-state index contributed by atoms with van der Waals surface area (Å²) in [6.45, 7) is 12.2. The first-order chi connectivity index (χ1) is 6.98. The molecule has 3 unspecified atom stereocenters. The first kappa shape index (κ1) is 12.9. The van der Waals surface area contributed by atoms with Crippen LogP contribution in [0.5, 0.6) is 0 Å². The third-order valence-electron chi connectivity index (χ3n) is 2.58. The summed E-state index contributed by atoms with van der Waals surface area (Å²) in [5.41, 5.74) is -0.0722. The van der Waals surface area contributed by atoms with Crippen molar-refractivity contribution in [1.29, 1.82) is 0 Å². The molecule has 3 heteroatoms. The Kier molecular flexibility index (Phi) is 4.56. The Labute approximate surface area is 93.5 Å². The molecule has 0 aliphatic heterocycles. The van der Waals surface area contributed by atoms with Crippen LogP contribution in [0, 0.1) is 0 Å². The van der Waals surface area contributed by atoms with Crippen LogP contribution in [0.3, 0.4) is 0 Å². The van der Waals surface area contributed by atoms with Crippen LogP contribution < -0.4 is 5.32 Å². The molecule has 1 saturated carbocycles. The van der Waals surface area contributed by atoms with Crippen LogP contribution in [-0.2, 0) is 9.47 Å². The number of likely N-dealkylation sites (N-methyl/N-ethyl adjacent to an activating group) is 1. The van der Waals surface area contributed by atoms with E-state index in [0.717, 1.165) is 19.6 Å². The minimum atomic E-state index is -0.0722. The molecule has 0 aromatic rings. The van der Waals surface area contributed by atoms with Gasteiger partial charge >= 0.3 is 0 Å². The van der Waals surface area contributed by atoms with Gasteiger partial charge in [-0.3, -0.25) is 0 Å². The number of ether oxygens (including phenoxy) is 2. The zero-order valence-corrected chi connectivity index (χ0v) is 10.7. The van der Waals surface area contributed by atoms with Crippen LogP contribution in [-0.4, -0.2) is 37.0 Å². The van der Waals surface area contributed by atoms with Crippen LogP contribution in [0.2, 0.25) is 0 Å². The zero-order valence-electron chi connectivity index (χ0n) is 10.7. The number of nitrogens with one attached hydrogen (secondary N) is 1. The van der Waals surface area contributed by atoms with E-state index in [1.807, 2.05) is 6.92 Å². The summed E-state index contributed by atoms with van der Waals surface area (Å²) in [7, 11) is 0. The molecule has 3 atom stereocenters. The van der Waals surface area contributed by atoms with Gasteiger partial charge in [-0.25, -0.2) is 0 Å². The van der Waals surface area contributed by atoms with E-state index in [-0.39, 0.29) is 17.8 Å². The summed E-state index contributed by atoms with van der Waals surface area (Å²) in [5, 5.41) is 3.43. The molecule has 0 radical (unpaired) electrons. The summed E-state index contributed by atoms with van der Waals surface area (Å²) in [6.07, 6.45) is 1.55. The maximum atomic E-state index is 5.95. The van der Waals surface area contributed by atoms with Crippen LogP contribution in [0.25, 0.3) is 0 Å². The van der Waals surface area contributed by atoms with Crippen molar-refractivity contribution in [2.45, 2.75) is 64.9 Å². The van der Waals surface area contributed by atoms with Crippen molar-refractivity contribution in [1.82, 2.24) is 5.32 Å². The highest BCUT2D eigenvalue weighted by Gasteiger charge is 2.43. The van der Waals surface area contributed by atoms with E-state index in [2.05, 4.69) is 33.0 Å². The molecule has 1 fully saturated rings. The summed E-state index contributed by atoms with van der Waals surface area (Å²) < 4.78 is 11.7. The average molecular weight is 215 g/mol. The van der Waals surface area contributed by atoms with E-state index >= 15 is 0 Å². The number of hydrogen-bond acceptors (Lipinski definition) is 3. The summed E-state index contributed by atoms with van der Waals surface area (Å²) >= 11 is 0. The topological polar surface area (TPSA) is 30.5 Å². The van der Waals surface area contributed by atoms with Crippen molar-refractivity contribution in [3.63, 3.8) is 0 Å². The van der Waals surface area contributed by atoms with Crippen LogP contribution in [0.4, 0.5) is 0 Å². The normalized spacial score (nSPS) is 31.4. The van der Waals surface area contributed by atoms with E-state index in [0.29, 0.717) is 6.04 Å². The minimum absolute atomic E-state index is 0.0722. The first-order valence-electron chi connectivity index (χ1n) is 6.00. The molecule has 0 amide bonds. The minimum Gasteiger partial charge on any atom is -0.374 e. The second kappa shape index (κ2) is 5.28. The first-order valence-corrected chi connectivity index (χ1v) is 6.00. The highest BCUT2D eigenvalue weighted by Crippen LogP contribution is 2.30. The van der Waals surface area contributed by atoms with Crippen molar-refractivity contribution in [2.24, 2.45) is 0 Å². The monoisotopic (exact) mass is 215 g/mol. The zero-order chi connectivity index (χ0) is 11.5. The van der Waals surface area contributed by atoms with Crippen molar-refractivity contribution in [3.05, 3.63) is 0 Å². The van der Waals surface area contributed by atoms with Crippen molar-refractivity contribution >= 4 is 0 Å². The Morgan fingerprint density at radius 2 is 1.93 bits per heavy atom. The standard InChI is InChI=1S/C12H25NO2/c1-6-13-9-8-10(11(9)14-7-2)15-12(3,4)5/h9-11,13H,6-8H2,1-5H3. The second-order valence-electron chi connectivity index (χ2n) is 5.09. The lowest BCUT2D eigenvalue weighted by atomic mass is 9.84. The van der Waals surface area contributed by atoms with Gasteiger partial charge in [0.15, 0.2) is 0 Å². The van der Waals surface area contributed by atoms with E-state index in [9.17, 15) is 0 Å². The second-order valence-corrected chi connectivity index (χ2v) is 5.09.